The van der Waals surface area contributed by atoms with Crippen molar-refractivity contribution in [1.29, 1.82) is 0 Å². The van der Waals surface area contributed by atoms with Crippen molar-refractivity contribution in [2.45, 2.75) is 0 Å². The monoisotopic (exact) mass is 323 g/mol. The summed E-state index contributed by atoms with van der Waals surface area (Å²) in [7, 11) is 0. The fourth-order valence-corrected chi connectivity index (χ4v) is 2.27. The first-order chi connectivity index (χ1) is 11.2. The highest BCUT2D eigenvalue weighted by Crippen LogP contribution is 2.21. The number of furan rings is 1. The van der Waals surface area contributed by atoms with E-state index in [9.17, 15) is 4.79 Å². The maximum Gasteiger partial charge on any atom is 0.256 e. The first-order valence-electron chi connectivity index (χ1n) is 7.10. The maximum absolute atomic E-state index is 12.7. The highest BCUT2D eigenvalue weighted by Gasteiger charge is 2.13. The van der Waals surface area contributed by atoms with Gasteiger partial charge in [-0.15, -0.1) is 0 Å². The normalized spacial score (nSPS) is 11.3. The van der Waals surface area contributed by atoms with Crippen LogP contribution in [0.25, 0.3) is 11.6 Å². The molecule has 0 unspecified atom stereocenters. The number of amides is 1. The smallest absolute Gasteiger partial charge is 0.256 e. The summed E-state index contributed by atoms with van der Waals surface area (Å²) in [4.78, 5) is 12.7. The molecule has 0 saturated heterocycles. The van der Waals surface area contributed by atoms with Crippen LogP contribution in [0.3, 0.4) is 0 Å². The summed E-state index contributed by atoms with van der Waals surface area (Å²) in [6, 6.07) is 20.0. The molecule has 3 aromatic rings. The third kappa shape index (κ3) is 3.90. The van der Waals surface area contributed by atoms with Crippen LogP contribution in [0.2, 0.25) is 5.02 Å². The van der Waals surface area contributed by atoms with Gasteiger partial charge in [-0.1, -0.05) is 41.9 Å². The van der Waals surface area contributed by atoms with Crippen molar-refractivity contribution in [3.8, 4) is 0 Å². The quantitative estimate of drug-likeness (QED) is 0.678. The molecule has 1 amide bonds. The van der Waals surface area contributed by atoms with Crippen LogP contribution < -0.4 is 5.32 Å². The van der Waals surface area contributed by atoms with E-state index in [1.807, 2.05) is 30.3 Å². The summed E-state index contributed by atoms with van der Waals surface area (Å²) in [6.45, 7) is 0. The van der Waals surface area contributed by atoms with E-state index in [-0.39, 0.29) is 5.91 Å². The van der Waals surface area contributed by atoms with Gasteiger partial charge in [0.1, 0.15) is 5.76 Å². The number of halogens is 1. The average Bonchev–Trinajstić information content (AvgIpc) is 3.09. The van der Waals surface area contributed by atoms with E-state index in [4.69, 9.17) is 16.0 Å². The Hall–Kier alpha value is -2.78. The van der Waals surface area contributed by atoms with E-state index in [0.29, 0.717) is 22.0 Å². The van der Waals surface area contributed by atoms with Crippen LogP contribution in [0.1, 0.15) is 11.3 Å². The summed E-state index contributed by atoms with van der Waals surface area (Å²) in [5, 5.41) is 3.50. The molecule has 3 rings (SSSR count). The number of rotatable bonds is 4. The summed E-state index contributed by atoms with van der Waals surface area (Å²) >= 11 is 5.87. The molecule has 0 fully saturated rings. The van der Waals surface area contributed by atoms with Gasteiger partial charge in [0.05, 0.1) is 11.8 Å². The number of carbonyl (C=O) groups excluding carboxylic acids is 1. The second-order valence-corrected chi connectivity index (χ2v) is 5.34. The van der Waals surface area contributed by atoms with Crippen LogP contribution in [0.15, 0.2) is 77.4 Å². The number of benzene rings is 2. The van der Waals surface area contributed by atoms with Crippen molar-refractivity contribution in [3.63, 3.8) is 0 Å². The Morgan fingerprint density at radius 3 is 2.35 bits per heavy atom. The van der Waals surface area contributed by atoms with Crippen molar-refractivity contribution in [2.75, 3.05) is 5.32 Å². The Bertz CT molecular complexity index is 806. The number of hydrogen-bond acceptors (Lipinski definition) is 2. The zero-order valence-corrected chi connectivity index (χ0v) is 13.0. The number of hydrogen-bond donors (Lipinski definition) is 1. The highest BCUT2D eigenvalue weighted by atomic mass is 35.5. The molecule has 0 atom stereocenters. The number of nitrogens with one attached hydrogen (secondary N) is 1. The second kappa shape index (κ2) is 6.99. The fourth-order valence-electron chi connectivity index (χ4n) is 2.14. The minimum absolute atomic E-state index is 0.213. The summed E-state index contributed by atoms with van der Waals surface area (Å²) < 4.78 is 5.33. The molecule has 4 heteroatoms. The lowest BCUT2D eigenvalue weighted by atomic mass is 10.0. The Morgan fingerprint density at radius 1 is 0.957 bits per heavy atom. The molecule has 0 radical (unpaired) electrons. The third-order valence-corrected chi connectivity index (χ3v) is 3.51. The van der Waals surface area contributed by atoms with Gasteiger partial charge in [-0.3, -0.25) is 4.79 Å². The predicted molar refractivity (Wildman–Crippen MR) is 93.1 cm³/mol. The molecule has 0 spiro atoms. The lowest BCUT2D eigenvalue weighted by Crippen LogP contribution is -2.13. The van der Waals surface area contributed by atoms with Crippen LogP contribution in [-0.4, -0.2) is 5.91 Å². The van der Waals surface area contributed by atoms with Crippen molar-refractivity contribution in [3.05, 3.63) is 89.3 Å². The van der Waals surface area contributed by atoms with Gasteiger partial charge >= 0.3 is 0 Å². The van der Waals surface area contributed by atoms with Crippen LogP contribution in [0, 0.1) is 0 Å². The molecule has 1 heterocycles. The predicted octanol–water partition coefficient (Wildman–Crippen LogP) is 5.11. The van der Waals surface area contributed by atoms with Gasteiger partial charge < -0.3 is 9.73 Å². The molecule has 1 aromatic heterocycles. The van der Waals surface area contributed by atoms with Gasteiger partial charge in [0.15, 0.2) is 0 Å². The molecule has 0 aliphatic rings. The SMILES string of the molecule is O=C(Nc1ccc(Cl)cc1)/C(=C/c1ccco1)c1ccccc1. The van der Waals surface area contributed by atoms with Crippen molar-refractivity contribution < 1.29 is 9.21 Å². The molecular formula is C19H14ClNO2. The zero-order valence-electron chi connectivity index (χ0n) is 12.2. The second-order valence-electron chi connectivity index (χ2n) is 4.90. The standard InChI is InChI=1S/C19H14ClNO2/c20-15-8-10-16(11-9-15)21-19(22)18(13-17-7-4-12-23-17)14-5-2-1-3-6-14/h1-13H,(H,21,22)/b18-13+. The Balaban J connectivity index is 1.92. The lowest BCUT2D eigenvalue weighted by molar-refractivity contribution is -0.111. The minimum atomic E-state index is -0.213. The van der Waals surface area contributed by atoms with Gasteiger partial charge in [0.2, 0.25) is 0 Å². The molecule has 3 nitrogen and oxygen atoms in total. The van der Waals surface area contributed by atoms with Crippen LogP contribution >= 0.6 is 11.6 Å². The number of anilines is 1. The summed E-state index contributed by atoms with van der Waals surface area (Å²) in [5.41, 5.74) is 2.02. The third-order valence-electron chi connectivity index (χ3n) is 3.26. The fraction of sp³-hybridized carbons (Fsp3) is 0. The molecule has 0 aliphatic heterocycles. The van der Waals surface area contributed by atoms with Gasteiger partial charge in [-0.2, -0.15) is 0 Å². The molecule has 0 saturated carbocycles. The Labute approximate surface area is 139 Å². The first kappa shape index (κ1) is 15.1. The lowest BCUT2D eigenvalue weighted by Gasteiger charge is -2.09. The zero-order chi connectivity index (χ0) is 16.1. The molecule has 0 bridgehead atoms. The van der Waals surface area contributed by atoms with E-state index in [1.54, 1.807) is 48.7 Å². The molecule has 1 N–H and O–H groups in total. The molecule has 23 heavy (non-hydrogen) atoms. The first-order valence-corrected chi connectivity index (χ1v) is 7.48. The molecular weight excluding hydrogens is 310 g/mol. The van der Waals surface area contributed by atoms with E-state index in [0.717, 1.165) is 5.56 Å². The Kier molecular flexibility index (Phi) is 4.60. The maximum atomic E-state index is 12.7. The van der Waals surface area contributed by atoms with Crippen LogP contribution in [-0.2, 0) is 4.79 Å². The molecule has 2 aromatic carbocycles. The summed E-state index contributed by atoms with van der Waals surface area (Å²) in [5.74, 6) is 0.407. The van der Waals surface area contributed by atoms with Crippen molar-refractivity contribution >= 4 is 34.8 Å². The van der Waals surface area contributed by atoms with Gasteiger partial charge in [-0.05, 0) is 48.0 Å². The summed E-state index contributed by atoms with van der Waals surface area (Å²) in [6.07, 6.45) is 3.30. The largest absolute Gasteiger partial charge is 0.465 e. The van der Waals surface area contributed by atoms with E-state index >= 15 is 0 Å². The van der Waals surface area contributed by atoms with Crippen LogP contribution in [0.5, 0.6) is 0 Å². The van der Waals surface area contributed by atoms with Gasteiger partial charge in [-0.25, -0.2) is 0 Å². The van der Waals surface area contributed by atoms with Gasteiger partial charge in [0, 0.05) is 10.7 Å². The van der Waals surface area contributed by atoms with Crippen LogP contribution in [0.4, 0.5) is 5.69 Å². The van der Waals surface area contributed by atoms with Gasteiger partial charge in [0.25, 0.3) is 5.91 Å². The van der Waals surface area contributed by atoms with E-state index < -0.39 is 0 Å². The molecule has 114 valence electrons. The minimum Gasteiger partial charge on any atom is -0.465 e. The van der Waals surface area contributed by atoms with E-state index in [1.165, 1.54) is 0 Å². The van der Waals surface area contributed by atoms with E-state index in [2.05, 4.69) is 5.32 Å². The average molecular weight is 324 g/mol. The highest BCUT2D eigenvalue weighted by molar-refractivity contribution is 6.31. The van der Waals surface area contributed by atoms with Crippen molar-refractivity contribution in [1.82, 2.24) is 0 Å². The van der Waals surface area contributed by atoms with Crippen molar-refractivity contribution in [2.24, 2.45) is 0 Å². The Morgan fingerprint density at radius 2 is 1.70 bits per heavy atom. The topological polar surface area (TPSA) is 42.2 Å². The molecule has 0 aliphatic carbocycles. The number of carbonyl (C=O) groups is 1.